The lowest BCUT2D eigenvalue weighted by Crippen LogP contribution is -2.43. The highest BCUT2D eigenvalue weighted by atomic mass is 79.9. The summed E-state index contributed by atoms with van der Waals surface area (Å²) in [6, 6.07) is 5.78. The molecule has 0 atom stereocenters. The molecule has 0 bridgehead atoms. The molecule has 1 N–H and O–H groups in total. The molecule has 1 heterocycles. The number of benzene rings is 1. The van der Waals surface area contributed by atoms with Gasteiger partial charge in [0.2, 0.25) is 0 Å². The van der Waals surface area contributed by atoms with Crippen molar-refractivity contribution < 1.29 is 9.53 Å². The SMILES string of the molecule is Cc1cc(Br)cc(NC(=O)N2CCOCC2)c1. The van der Waals surface area contributed by atoms with Crippen LogP contribution in [-0.2, 0) is 4.74 Å². The number of nitrogens with zero attached hydrogens (tertiary/aromatic N) is 1. The summed E-state index contributed by atoms with van der Waals surface area (Å²) >= 11 is 3.41. The van der Waals surface area contributed by atoms with E-state index in [-0.39, 0.29) is 6.03 Å². The number of amides is 2. The molecule has 17 heavy (non-hydrogen) atoms. The maximum absolute atomic E-state index is 11.9. The third-order valence-corrected chi connectivity index (χ3v) is 3.05. The van der Waals surface area contributed by atoms with Crippen LogP contribution in [0.4, 0.5) is 10.5 Å². The Labute approximate surface area is 109 Å². The van der Waals surface area contributed by atoms with Crippen LogP contribution in [0, 0.1) is 6.92 Å². The molecule has 0 aliphatic carbocycles. The molecule has 1 aromatic carbocycles. The Morgan fingerprint density at radius 3 is 2.71 bits per heavy atom. The van der Waals surface area contributed by atoms with Gasteiger partial charge in [-0.15, -0.1) is 0 Å². The molecule has 0 saturated carbocycles. The summed E-state index contributed by atoms with van der Waals surface area (Å²) in [4.78, 5) is 13.7. The molecule has 1 aliphatic heterocycles. The zero-order chi connectivity index (χ0) is 12.3. The smallest absolute Gasteiger partial charge is 0.322 e. The van der Waals surface area contributed by atoms with E-state index < -0.39 is 0 Å². The minimum Gasteiger partial charge on any atom is -0.378 e. The second kappa shape index (κ2) is 5.51. The van der Waals surface area contributed by atoms with Crippen LogP contribution < -0.4 is 5.32 Å². The highest BCUT2D eigenvalue weighted by molar-refractivity contribution is 9.10. The summed E-state index contributed by atoms with van der Waals surface area (Å²) in [6.45, 7) is 4.53. The average Bonchev–Trinajstić information content (AvgIpc) is 2.28. The van der Waals surface area contributed by atoms with Crippen molar-refractivity contribution in [2.75, 3.05) is 31.6 Å². The van der Waals surface area contributed by atoms with Gasteiger partial charge in [-0.05, 0) is 30.7 Å². The summed E-state index contributed by atoms with van der Waals surface area (Å²) < 4.78 is 6.18. The maximum Gasteiger partial charge on any atom is 0.322 e. The van der Waals surface area contributed by atoms with Gasteiger partial charge in [0.25, 0.3) is 0 Å². The molecule has 0 aromatic heterocycles. The van der Waals surface area contributed by atoms with Crippen molar-refractivity contribution in [3.63, 3.8) is 0 Å². The molecule has 0 radical (unpaired) electrons. The molecule has 2 rings (SSSR count). The van der Waals surface area contributed by atoms with Crippen molar-refractivity contribution in [3.8, 4) is 0 Å². The van der Waals surface area contributed by atoms with Crippen molar-refractivity contribution in [3.05, 3.63) is 28.2 Å². The Balaban J connectivity index is 2.01. The van der Waals surface area contributed by atoms with Crippen LogP contribution in [0.15, 0.2) is 22.7 Å². The molecule has 1 saturated heterocycles. The Morgan fingerprint density at radius 1 is 1.35 bits per heavy atom. The van der Waals surface area contributed by atoms with Gasteiger partial charge in [0.1, 0.15) is 0 Å². The number of rotatable bonds is 1. The first-order chi connectivity index (χ1) is 8.15. The first kappa shape index (κ1) is 12.4. The van der Waals surface area contributed by atoms with E-state index in [0.717, 1.165) is 15.7 Å². The van der Waals surface area contributed by atoms with Gasteiger partial charge in [-0.2, -0.15) is 0 Å². The largest absolute Gasteiger partial charge is 0.378 e. The van der Waals surface area contributed by atoms with Crippen LogP contribution in [0.3, 0.4) is 0 Å². The topological polar surface area (TPSA) is 41.6 Å². The van der Waals surface area contributed by atoms with E-state index in [1.165, 1.54) is 0 Å². The number of hydrogen-bond donors (Lipinski definition) is 1. The van der Waals surface area contributed by atoms with E-state index in [1.54, 1.807) is 4.90 Å². The van der Waals surface area contributed by atoms with Gasteiger partial charge in [-0.3, -0.25) is 0 Å². The number of urea groups is 1. The first-order valence-corrected chi connectivity index (χ1v) is 6.35. The van der Waals surface area contributed by atoms with Gasteiger partial charge in [-0.1, -0.05) is 15.9 Å². The van der Waals surface area contributed by atoms with Crippen molar-refractivity contribution in [1.29, 1.82) is 0 Å². The van der Waals surface area contributed by atoms with Gasteiger partial charge in [0, 0.05) is 23.2 Å². The van der Waals surface area contributed by atoms with E-state index in [1.807, 2.05) is 25.1 Å². The monoisotopic (exact) mass is 298 g/mol. The number of carbonyl (C=O) groups is 1. The number of hydrogen-bond acceptors (Lipinski definition) is 2. The lowest BCUT2D eigenvalue weighted by atomic mass is 10.2. The van der Waals surface area contributed by atoms with E-state index in [4.69, 9.17) is 4.74 Å². The highest BCUT2D eigenvalue weighted by Crippen LogP contribution is 2.19. The minimum atomic E-state index is -0.0641. The Hall–Kier alpha value is -1.07. The summed E-state index contributed by atoms with van der Waals surface area (Å²) in [7, 11) is 0. The number of nitrogens with one attached hydrogen (secondary N) is 1. The predicted molar refractivity (Wildman–Crippen MR) is 70.3 cm³/mol. The quantitative estimate of drug-likeness (QED) is 0.866. The summed E-state index contributed by atoms with van der Waals surface area (Å²) in [5, 5.41) is 2.89. The molecule has 0 unspecified atom stereocenters. The number of ether oxygens (including phenoxy) is 1. The standard InChI is InChI=1S/C12H15BrN2O2/c1-9-6-10(13)8-11(7-9)14-12(16)15-2-4-17-5-3-15/h6-8H,2-5H2,1H3,(H,14,16). The highest BCUT2D eigenvalue weighted by Gasteiger charge is 2.16. The van der Waals surface area contributed by atoms with E-state index in [2.05, 4.69) is 21.2 Å². The second-order valence-corrected chi connectivity index (χ2v) is 4.96. The maximum atomic E-state index is 11.9. The molecular weight excluding hydrogens is 284 g/mol. The average molecular weight is 299 g/mol. The van der Waals surface area contributed by atoms with Crippen LogP contribution in [0.2, 0.25) is 0 Å². The van der Waals surface area contributed by atoms with Gasteiger partial charge < -0.3 is 15.0 Å². The molecule has 1 fully saturated rings. The second-order valence-electron chi connectivity index (χ2n) is 4.05. The van der Waals surface area contributed by atoms with E-state index in [0.29, 0.717) is 26.3 Å². The number of morpholine rings is 1. The zero-order valence-corrected chi connectivity index (χ0v) is 11.3. The minimum absolute atomic E-state index is 0.0641. The van der Waals surface area contributed by atoms with Crippen LogP contribution in [0.25, 0.3) is 0 Å². The van der Waals surface area contributed by atoms with Crippen LogP contribution in [-0.4, -0.2) is 37.2 Å². The van der Waals surface area contributed by atoms with Crippen LogP contribution >= 0.6 is 15.9 Å². The molecule has 92 valence electrons. The zero-order valence-electron chi connectivity index (χ0n) is 9.70. The van der Waals surface area contributed by atoms with Crippen LogP contribution in [0.5, 0.6) is 0 Å². The Morgan fingerprint density at radius 2 is 2.06 bits per heavy atom. The number of carbonyl (C=O) groups excluding carboxylic acids is 1. The molecule has 4 nitrogen and oxygen atoms in total. The Kier molecular flexibility index (Phi) is 4.02. The molecule has 1 aliphatic rings. The van der Waals surface area contributed by atoms with Gasteiger partial charge >= 0.3 is 6.03 Å². The summed E-state index contributed by atoms with van der Waals surface area (Å²) in [6.07, 6.45) is 0. The number of halogens is 1. The molecular formula is C12H15BrN2O2. The predicted octanol–water partition coefficient (Wildman–Crippen LogP) is 2.62. The van der Waals surface area contributed by atoms with Crippen LogP contribution in [0.1, 0.15) is 5.56 Å². The lowest BCUT2D eigenvalue weighted by molar-refractivity contribution is 0.0564. The fraction of sp³-hybridized carbons (Fsp3) is 0.417. The fourth-order valence-electron chi connectivity index (χ4n) is 1.78. The molecule has 2 amide bonds. The fourth-order valence-corrected chi connectivity index (χ4v) is 2.39. The van der Waals surface area contributed by atoms with Crippen molar-refractivity contribution in [1.82, 2.24) is 4.90 Å². The van der Waals surface area contributed by atoms with E-state index in [9.17, 15) is 4.79 Å². The first-order valence-electron chi connectivity index (χ1n) is 5.56. The van der Waals surface area contributed by atoms with Crippen molar-refractivity contribution in [2.45, 2.75) is 6.92 Å². The molecule has 0 spiro atoms. The van der Waals surface area contributed by atoms with Crippen molar-refractivity contribution in [2.24, 2.45) is 0 Å². The van der Waals surface area contributed by atoms with Gasteiger partial charge in [-0.25, -0.2) is 4.79 Å². The molecule has 5 heteroatoms. The van der Waals surface area contributed by atoms with Gasteiger partial charge in [0.05, 0.1) is 13.2 Å². The third kappa shape index (κ3) is 3.44. The Bertz CT molecular complexity index is 397. The van der Waals surface area contributed by atoms with E-state index >= 15 is 0 Å². The van der Waals surface area contributed by atoms with Gasteiger partial charge in [0.15, 0.2) is 0 Å². The third-order valence-electron chi connectivity index (χ3n) is 2.59. The summed E-state index contributed by atoms with van der Waals surface area (Å²) in [5.74, 6) is 0. The number of aryl methyl sites for hydroxylation is 1. The lowest BCUT2D eigenvalue weighted by Gasteiger charge is -2.27. The number of anilines is 1. The normalized spacial score (nSPS) is 15.8. The summed E-state index contributed by atoms with van der Waals surface area (Å²) in [5.41, 5.74) is 1.92. The molecule has 1 aromatic rings. The van der Waals surface area contributed by atoms with Crippen molar-refractivity contribution >= 4 is 27.6 Å².